The Balaban J connectivity index is 1.72. The van der Waals surface area contributed by atoms with Gasteiger partial charge in [-0.05, 0) is 37.4 Å². The molecule has 0 radical (unpaired) electrons. The van der Waals surface area contributed by atoms with Crippen molar-refractivity contribution in [3.63, 3.8) is 0 Å². The Hall–Kier alpha value is -1.01. The molecule has 2 unspecified atom stereocenters. The quantitative estimate of drug-likeness (QED) is 0.881. The molecule has 2 aliphatic rings. The maximum atomic E-state index is 9.46. The Kier molecular flexibility index (Phi) is 6.60. The van der Waals surface area contributed by atoms with Crippen LogP contribution < -0.4 is 9.80 Å². The molecule has 6 heteroatoms. The molecule has 5 nitrogen and oxygen atoms in total. The molecular weight excluding hydrogens is 320 g/mol. The van der Waals surface area contributed by atoms with E-state index in [0.29, 0.717) is 11.2 Å². The van der Waals surface area contributed by atoms with Gasteiger partial charge in [0.2, 0.25) is 0 Å². The highest BCUT2D eigenvalue weighted by Gasteiger charge is 2.23. The summed E-state index contributed by atoms with van der Waals surface area (Å²) in [5.74, 6) is 3.64. The van der Waals surface area contributed by atoms with Crippen LogP contribution in [0.25, 0.3) is 0 Å². The molecule has 0 bridgehead atoms. The van der Waals surface area contributed by atoms with Crippen LogP contribution in [0.3, 0.4) is 0 Å². The highest BCUT2D eigenvalue weighted by atomic mass is 32.2. The van der Waals surface area contributed by atoms with Gasteiger partial charge in [0, 0.05) is 44.1 Å². The summed E-state index contributed by atoms with van der Waals surface area (Å²) >= 11 is 2.08. The number of thioether (sulfide) groups is 1. The molecule has 3 rings (SSSR count). The number of rotatable bonds is 5. The molecule has 1 aromatic rings. The molecular formula is C18H30N4OS. The maximum absolute atomic E-state index is 9.46. The second-order valence-electron chi connectivity index (χ2n) is 6.89. The molecule has 134 valence electrons. The molecule has 3 heterocycles. The second kappa shape index (κ2) is 8.90. The lowest BCUT2D eigenvalue weighted by Crippen LogP contribution is -2.37. The number of aliphatic hydroxyl groups is 1. The summed E-state index contributed by atoms with van der Waals surface area (Å²) in [4.78, 5) is 13.8. The highest BCUT2D eigenvalue weighted by molar-refractivity contribution is 7.99. The third-order valence-electron chi connectivity index (χ3n) is 5.09. The minimum Gasteiger partial charge on any atom is -0.396 e. The van der Waals surface area contributed by atoms with Gasteiger partial charge in [0.1, 0.15) is 18.0 Å². The van der Waals surface area contributed by atoms with E-state index in [1.807, 2.05) is 0 Å². The molecule has 2 aliphatic heterocycles. The summed E-state index contributed by atoms with van der Waals surface area (Å²) in [6, 6.07) is 2.15. The van der Waals surface area contributed by atoms with Crippen molar-refractivity contribution in [2.45, 2.75) is 44.3 Å². The number of aliphatic hydroxyl groups excluding tert-OH is 1. The Labute approximate surface area is 149 Å². The smallest absolute Gasteiger partial charge is 0.134 e. The van der Waals surface area contributed by atoms with Crippen LogP contribution in [0.4, 0.5) is 11.6 Å². The molecule has 1 N–H and O–H groups in total. The van der Waals surface area contributed by atoms with E-state index >= 15 is 0 Å². The van der Waals surface area contributed by atoms with Gasteiger partial charge in [-0.1, -0.05) is 13.3 Å². The first kappa shape index (κ1) is 17.8. The molecule has 0 aromatic carbocycles. The van der Waals surface area contributed by atoms with Crippen molar-refractivity contribution in [3.8, 4) is 0 Å². The third kappa shape index (κ3) is 4.54. The van der Waals surface area contributed by atoms with Crippen molar-refractivity contribution in [1.82, 2.24) is 9.97 Å². The zero-order valence-electron chi connectivity index (χ0n) is 14.7. The molecule has 1 aromatic heterocycles. The largest absolute Gasteiger partial charge is 0.396 e. The average molecular weight is 351 g/mol. The minimum absolute atomic E-state index is 0.274. The van der Waals surface area contributed by atoms with Gasteiger partial charge in [-0.25, -0.2) is 9.97 Å². The van der Waals surface area contributed by atoms with Crippen LogP contribution in [-0.2, 0) is 0 Å². The Morgan fingerprint density at radius 3 is 2.58 bits per heavy atom. The van der Waals surface area contributed by atoms with E-state index in [4.69, 9.17) is 0 Å². The van der Waals surface area contributed by atoms with Crippen molar-refractivity contribution in [1.29, 1.82) is 0 Å². The summed E-state index contributed by atoms with van der Waals surface area (Å²) < 4.78 is 0. The third-order valence-corrected chi connectivity index (χ3v) is 6.28. The van der Waals surface area contributed by atoms with Crippen molar-refractivity contribution in [3.05, 3.63) is 12.4 Å². The molecule has 0 saturated carbocycles. The number of aromatic nitrogens is 2. The van der Waals surface area contributed by atoms with Crippen LogP contribution in [0.5, 0.6) is 0 Å². The van der Waals surface area contributed by atoms with E-state index < -0.39 is 0 Å². The molecule has 2 atom stereocenters. The number of anilines is 2. The maximum Gasteiger partial charge on any atom is 0.134 e. The van der Waals surface area contributed by atoms with Gasteiger partial charge in [0.15, 0.2) is 0 Å². The summed E-state index contributed by atoms with van der Waals surface area (Å²) in [7, 11) is 0. The SMILES string of the molecule is CCSC1CCCCN(c2cc(N3CCCC(CO)C3)ncn2)C1. The van der Waals surface area contributed by atoms with E-state index in [-0.39, 0.29) is 6.61 Å². The first-order valence-corrected chi connectivity index (χ1v) is 10.4. The number of hydrogen-bond acceptors (Lipinski definition) is 6. The highest BCUT2D eigenvalue weighted by Crippen LogP contribution is 2.27. The molecule has 0 spiro atoms. The zero-order chi connectivity index (χ0) is 16.8. The Bertz CT molecular complexity index is 516. The van der Waals surface area contributed by atoms with Crippen LogP contribution in [0.1, 0.15) is 39.0 Å². The molecule has 2 fully saturated rings. The first-order valence-electron chi connectivity index (χ1n) is 9.34. The summed E-state index contributed by atoms with van der Waals surface area (Å²) in [6.07, 6.45) is 7.83. The van der Waals surface area contributed by atoms with Crippen molar-refractivity contribution in [2.75, 3.05) is 48.3 Å². The van der Waals surface area contributed by atoms with Crippen molar-refractivity contribution in [2.24, 2.45) is 5.92 Å². The van der Waals surface area contributed by atoms with Crippen LogP contribution >= 0.6 is 11.8 Å². The monoisotopic (exact) mass is 350 g/mol. The molecule has 2 saturated heterocycles. The van der Waals surface area contributed by atoms with Gasteiger partial charge < -0.3 is 14.9 Å². The van der Waals surface area contributed by atoms with Gasteiger partial charge in [-0.2, -0.15) is 11.8 Å². The van der Waals surface area contributed by atoms with Crippen LogP contribution in [0, 0.1) is 5.92 Å². The predicted octanol–water partition coefficient (Wildman–Crippen LogP) is 2.80. The minimum atomic E-state index is 0.274. The number of hydrogen-bond donors (Lipinski definition) is 1. The van der Waals surface area contributed by atoms with E-state index in [1.54, 1.807) is 6.33 Å². The lowest BCUT2D eigenvalue weighted by atomic mass is 9.99. The Morgan fingerprint density at radius 2 is 1.83 bits per heavy atom. The number of piperidine rings is 1. The standard InChI is InChI=1S/C18H30N4OS/c1-2-24-16-7-3-4-8-22(12-16)18-10-17(19-14-20-18)21-9-5-6-15(11-21)13-23/h10,14-16,23H,2-9,11-13H2,1H3. The predicted molar refractivity (Wildman–Crippen MR) is 102 cm³/mol. The van der Waals surface area contributed by atoms with Gasteiger partial charge in [-0.15, -0.1) is 0 Å². The Morgan fingerprint density at radius 1 is 1.08 bits per heavy atom. The van der Waals surface area contributed by atoms with E-state index in [2.05, 4.69) is 44.5 Å². The molecule has 24 heavy (non-hydrogen) atoms. The fourth-order valence-corrected chi connectivity index (χ4v) is 4.88. The molecule has 0 amide bonds. The van der Waals surface area contributed by atoms with Gasteiger partial charge in [0.25, 0.3) is 0 Å². The summed E-state index contributed by atoms with van der Waals surface area (Å²) in [5.41, 5.74) is 0. The lowest BCUT2D eigenvalue weighted by Gasteiger charge is -2.33. The van der Waals surface area contributed by atoms with E-state index in [9.17, 15) is 5.11 Å². The van der Waals surface area contributed by atoms with Crippen molar-refractivity contribution < 1.29 is 5.11 Å². The second-order valence-corrected chi connectivity index (χ2v) is 8.47. The van der Waals surface area contributed by atoms with E-state index in [0.717, 1.165) is 50.7 Å². The summed E-state index contributed by atoms with van der Waals surface area (Å²) in [5, 5.41) is 10.2. The fraction of sp³-hybridized carbons (Fsp3) is 0.778. The van der Waals surface area contributed by atoms with Gasteiger partial charge in [-0.3, -0.25) is 0 Å². The fourth-order valence-electron chi connectivity index (χ4n) is 3.79. The topological polar surface area (TPSA) is 52.5 Å². The lowest BCUT2D eigenvalue weighted by molar-refractivity contribution is 0.208. The normalized spacial score (nSPS) is 25.6. The van der Waals surface area contributed by atoms with Crippen LogP contribution in [0.2, 0.25) is 0 Å². The van der Waals surface area contributed by atoms with E-state index in [1.165, 1.54) is 25.0 Å². The summed E-state index contributed by atoms with van der Waals surface area (Å²) in [6.45, 7) is 6.64. The van der Waals surface area contributed by atoms with Gasteiger partial charge >= 0.3 is 0 Å². The van der Waals surface area contributed by atoms with Crippen LogP contribution in [-0.4, -0.2) is 58.9 Å². The average Bonchev–Trinajstić information content (AvgIpc) is 2.88. The first-order chi connectivity index (χ1) is 11.8. The van der Waals surface area contributed by atoms with Crippen molar-refractivity contribution >= 4 is 23.4 Å². The van der Waals surface area contributed by atoms with Crippen LogP contribution in [0.15, 0.2) is 12.4 Å². The number of nitrogens with zero attached hydrogens (tertiary/aromatic N) is 4. The zero-order valence-corrected chi connectivity index (χ0v) is 15.5. The van der Waals surface area contributed by atoms with Gasteiger partial charge in [0.05, 0.1) is 0 Å². The molecule has 0 aliphatic carbocycles.